The first-order valence-electron chi connectivity index (χ1n) is 17.7. The molecule has 2 aromatic carbocycles. The van der Waals surface area contributed by atoms with E-state index in [0.717, 1.165) is 31.3 Å². The van der Waals surface area contributed by atoms with Gasteiger partial charge < -0.3 is 25.2 Å². The summed E-state index contributed by atoms with van der Waals surface area (Å²) in [7, 11) is 0. The minimum Gasteiger partial charge on any atom is -0.444 e. The van der Waals surface area contributed by atoms with Gasteiger partial charge in [0.05, 0.1) is 15.8 Å². The molecule has 1 aliphatic carbocycles. The summed E-state index contributed by atoms with van der Waals surface area (Å²) >= 11 is 0.715. The van der Waals surface area contributed by atoms with Gasteiger partial charge in [-0.15, -0.1) is 11.3 Å². The second-order valence-electron chi connectivity index (χ2n) is 16.1. The summed E-state index contributed by atoms with van der Waals surface area (Å²) in [4.78, 5) is 30.3. The lowest BCUT2D eigenvalue weighted by Gasteiger charge is -2.52. The van der Waals surface area contributed by atoms with E-state index < -0.39 is 52.7 Å². The molecule has 4 fully saturated rings. The molecule has 0 radical (unpaired) electrons. The van der Waals surface area contributed by atoms with Crippen molar-refractivity contribution in [1.82, 2.24) is 19.8 Å². The van der Waals surface area contributed by atoms with Crippen molar-refractivity contribution < 1.29 is 31.5 Å². The standard InChI is InChI=1S/C37H39F5N8O2S/c1-18-13-50(34(51)52-35(3,4)5)19(2)12-49(18)32-22-10-24(37(40,41)42)27(21-6-7-25(38)30-26(21)23(11-43)31(44)53-30)28(39)29(22)45-33(46-32)47-14-20(15-47)48-16-36(17-48)8-9-36/h6-7,10,18-20H,8-9,12-17,44H2,1-5H3/t18-,19+/m0/s1. The number of hydrogen-bond acceptors (Lipinski definition) is 10. The number of ether oxygens (including phenoxy) is 1. The maximum absolute atomic E-state index is 17.3. The highest BCUT2D eigenvalue weighted by molar-refractivity contribution is 7.23. The predicted molar refractivity (Wildman–Crippen MR) is 193 cm³/mol. The molecule has 2 N–H and O–H groups in total. The molecule has 4 aliphatic rings. The highest BCUT2D eigenvalue weighted by atomic mass is 32.1. The first-order valence-corrected chi connectivity index (χ1v) is 18.5. The van der Waals surface area contributed by atoms with E-state index in [1.165, 1.54) is 12.8 Å². The van der Waals surface area contributed by atoms with Crippen LogP contribution < -0.4 is 15.5 Å². The number of piperazine rings is 1. The van der Waals surface area contributed by atoms with E-state index in [0.29, 0.717) is 29.8 Å². The summed E-state index contributed by atoms with van der Waals surface area (Å²) < 4.78 is 83.2. The maximum Gasteiger partial charge on any atom is 0.417 e. The molecule has 4 aromatic rings. The number of thiophene rings is 1. The Balaban J connectivity index is 1.28. The molecule has 53 heavy (non-hydrogen) atoms. The van der Waals surface area contributed by atoms with Gasteiger partial charge in [-0.3, -0.25) is 4.90 Å². The topological polar surface area (TPSA) is 115 Å². The molecule has 2 aromatic heterocycles. The molecule has 3 aliphatic heterocycles. The van der Waals surface area contributed by atoms with Crippen LogP contribution in [0.3, 0.4) is 0 Å². The molecule has 0 bridgehead atoms. The van der Waals surface area contributed by atoms with Crippen molar-refractivity contribution in [2.75, 3.05) is 54.8 Å². The Bertz CT molecular complexity index is 2210. The van der Waals surface area contributed by atoms with Gasteiger partial charge in [-0.25, -0.2) is 18.6 Å². The number of hydrogen-bond donors (Lipinski definition) is 1. The zero-order chi connectivity index (χ0) is 37.9. The average Bonchev–Trinajstić information content (AvgIpc) is 3.76. The number of nitriles is 1. The summed E-state index contributed by atoms with van der Waals surface area (Å²) in [6, 6.07) is 4.07. The first kappa shape index (κ1) is 35.5. The van der Waals surface area contributed by atoms with E-state index in [9.17, 15) is 14.4 Å². The summed E-state index contributed by atoms with van der Waals surface area (Å²) in [6.07, 6.45) is -3.11. The third-order valence-electron chi connectivity index (χ3n) is 11.0. The van der Waals surface area contributed by atoms with Crippen LogP contribution in [0.15, 0.2) is 18.2 Å². The predicted octanol–water partition coefficient (Wildman–Crippen LogP) is 7.38. The minimum absolute atomic E-state index is 0.0914. The fourth-order valence-corrected chi connectivity index (χ4v) is 8.92. The van der Waals surface area contributed by atoms with Crippen molar-refractivity contribution in [3.63, 3.8) is 0 Å². The van der Waals surface area contributed by atoms with E-state index in [2.05, 4.69) is 9.88 Å². The first-order chi connectivity index (χ1) is 24.9. The largest absolute Gasteiger partial charge is 0.444 e. The number of benzene rings is 2. The highest BCUT2D eigenvalue weighted by Gasteiger charge is 2.55. The molecule has 3 saturated heterocycles. The van der Waals surface area contributed by atoms with Crippen molar-refractivity contribution in [3.05, 3.63) is 41.0 Å². The lowest BCUT2D eigenvalue weighted by Crippen LogP contribution is -2.66. The maximum atomic E-state index is 17.3. The second-order valence-corrected chi connectivity index (χ2v) is 17.1. The molecule has 1 amide bonds. The fraction of sp³-hybridized carbons (Fsp3) is 0.514. The van der Waals surface area contributed by atoms with Gasteiger partial charge in [0.1, 0.15) is 33.8 Å². The molecule has 8 rings (SSSR count). The van der Waals surface area contributed by atoms with Crippen LogP contribution >= 0.6 is 11.3 Å². The monoisotopic (exact) mass is 754 g/mol. The number of amides is 1. The van der Waals surface area contributed by atoms with Gasteiger partial charge in [-0.2, -0.15) is 23.4 Å². The van der Waals surface area contributed by atoms with Crippen molar-refractivity contribution in [2.45, 2.75) is 77.4 Å². The van der Waals surface area contributed by atoms with Crippen LogP contribution in [0, 0.1) is 28.4 Å². The molecule has 2 atom stereocenters. The summed E-state index contributed by atoms with van der Waals surface area (Å²) in [6.45, 7) is 12.5. The third kappa shape index (κ3) is 5.96. The zero-order valence-electron chi connectivity index (χ0n) is 29.9. The van der Waals surface area contributed by atoms with Crippen molar-refractivity contribution in [2.24, 2.45) is 5.41 Å². The van der Waals surface area contributed by atoms with Crippen LogP contribution in [0.2, 0.25) is 0 Å². The number of fused-ring (bicyclic) bond motifs is 2. The summed E-state index contributed by atoms with van der Waals surface area (Å²) in [5.41, 5.74) is 2.66. The Kier molecular flexibility index (Phi) is 8.05. The molecular formula is C37H39F5N8O2S. The average molecular weight is 755 g/mol. The number of anilines is 3. The van der Waals surface area contributed by atoms with E-state index >= 15 is 17.6 Å². The lowest BCUT2D eigenvalue weighted by atomic mass is 9.92. The van der Waals surface area contributed by atoms with Crippen LogP contribution in [0.1, 0.15) is 58.6 Å². The molecular weight excluding hydrogens is 716 g/mol. The van der Waals surface area contributed by atoms with Gasteiger partial charge in [0.15, 0.2) is 5.82 Å². The molecule has 10 nitrogen and oxygen atoms in total. The minimum atomic E-state index is -5.08. The number of nitrogen functional groups attached to an aromatic ring is 1. The summed E-state index contributed by atoms with van der Waals surface area (Å²) in [5.74, 6) is -1.79. The number of alkyl halides is 3. The van der Waals surface area contributed by atoms with E-state index in [4.69, 9.17) is 15.5 Å². The number of halogens is 5. The Morgan fingerprint density at radius 2 is 1.75 bits per heavy atom. The van der Waals surface area contributed by atoms with Crippen molar-refractivity contribution >= 4 is 55.2 Å². The van der Waals surface area contributed by atoms with E-state index in [-0.39, 0.29) is 68.0 Å². The second kappa shape index (κ2) is 12.0. The lowest BCUT2D eigenvalue weighted by molar-refractivity contribution is -0.137. The molecule has 1 spiro atoms. The SMILES string of the molecule is C[C@@H]1CN(c2nc(N3CC(N4CC5(CC5)C4)C3)nc3c(F)c(-c4ccc(F)c5sc(N)c(C#N)c45)c(C(F)(F)F)cc23)[C@@H](C)CN1C(=O)OC(C)(C)C. The van der Waals surface area contributed by atoms with Crippen molar-refractivity contribution in [1.29, 1.82) is 5.26 Å². The van der Waals surface area contributed by atoms with Crippen LogP contribution in [-0.2, 0) is 10.9 Å². The molecule has 16 heteroatoms. The van der Waals surface area contributed by atoms with Gasteiger partial charge in [-0.1, -0.05) is 6.07 Å². The van der Waals surface area contributed by atoms with Crippen LogP contribution in [0.25, 0.3) is 32.1 Å². The Morgan fingerprint density at radius 3 is 2.38 bits per heavy atom. The van der Waals surface area contributed by atoms with Gasteiger partial charge in [0, 0.05) is 73.7 Å². The number of nitrogens with zero attached hydrogens (tertiary/aromatic N) is 7. The van der Waals surface area contributed by atoms with E-state index in [1.54, 1.807) is 30.6 Å². The van der Waals surface area contributed by atoms with Gasteiger partial charge >= 0.3 is 12.3 Å². The Labute approximate surface area is 306 Å². The van der Waals surface area contributed by atoms with Crippen LogP contribution in [0.5, 0.6) is 0 Å². The third-order valence-corrected chi connectivity index (χ3v) is 12.0. The number of likely N-dealkylation sites (tertiary alicyclic amines) is 1. The van der Waals surface area contributed by atoms with E-state index in [1.807, 2.05) is 24.8 Å². The Morgan fingerprint density at radius 1 is 1.06 bits per heavy atom. The smallest absolute Gasteiger partial charge is 0.417 e. The molecule has 1 saturated carbocycles. The van der Waals surface area contributed by atoms with Crippen molar-refractivity contribution in [3.8, 4) is 17.2 Å². The number of carbonyl (C=O) groups is 1. The summed E-state index contributed by atoms with van der Waals surface area (Å²) in [5, 5.41) is 9.45. The number of rotatable bonds is 4. The molecule has 0 unspecified atom stereocenters. The number of nitrogens with two attached hydrogens (primary N) is 1. The molecule has 5 heterocycles. The Hall–Kier alpha value is -4.49. The number of carbonyl (C=O) groups excluding carboxylic acids is 1. The fourth-order valence-electron chi connectivity index (χ4n) is 7.97. The van der Waals surface area contributed by atoms with Crippen LogP contribution in [-0.4, -0.2) is 88.9 Å². The van der Waals surface area contributed by atoms with Gasteiger partial charge in [0.2, 0.25) is 5.95 Å². The normalized spacial score (nSPS) is 21.9. The molecule has 280 valence electrons. The quantitative estimate of drug-likeness (QED) is 0.213. The zero-order valence-corrected chi connectivity index (χ0v) is 30.8. The highest BCUT2D eigenvalue weighted by Crippen LogP contribution is 2.54. The van der Waals surface area contributed by atoms with Gasteiger partial charge in [-0.05, 0) is 70.6 Å². The van der Waals surface area contributed by atoms with Gasteiger partial charge in [0.25, 0.3) is 0 Å². The van der Waals surface area contributed by atoms with Crippen LogP contribution in [0.4, 0.5) is 43.5 Å². The number of aromatic nitrogens is 2.